The van der Waals surface area contributed by atoms with Crippen molar-refractivity contribution in [2.45, 2.75) is 0 Å². The van der Waals surface area contributed by atoms with Crippen LogP contribution in [0.15, 0.2) is 35.4 Å². The monoisotopic (exact) mass is 193 g/mol. The molecule has 0 amide bonds. The van der Waals surface area contributed by atoms with Gasteiger partial charge >= 0.3 is 0 Å². The predicted octanol–water partition coefficient (Wildman–Crippen LogP) is 1.20. The van der Waals surface area contributed by atoms with Crippen LogP contribution in [0, 0.1) is 0 Å². The van der Waals surface area contributed by atoms with Gasteiger partial charge in [-0.1, -0.05) is 42.5 Å². The zero-order chi connectivity index (χ0) is 9.68. The van der Waals surface area contributed by atoms with Gasteiger partial charge in [-0.15, -0.1) is 0 Å². The van der Waals surface area contributed by atoms with Crippen LogP contribution < -0.4 is 5.84 Å². The maximum absolute atomic E-state index is 5.26. The first-order valence-corrected chi connectivity index (χ1v) is 4.28. The molecule has 0 aliphatic heterocycles. The first-order chi connectivity index (χ1) is 6.29. The third kappa shape index (κ3) is 2.26. The van der Waals surface area contributed by atoms with Gasteiger partial charge in [0.15, 0.2) is 5.84 Å². The molecule has 0 heterocycles. The highest BCUT2D eigenvalue weighted by molar-refractivity contribution is 7.78. The molecule has 1 aromatic rings. The second-order valence-corrected chi connectivity index (χ2v) is 2.75. The Hall–Kier alpha value is -1.42. The fourth-order valence-corrected chi connectivity index (χ4v) is 1.11. The summed E-state index contributed by atoms with van der Waals surface area (Å²) in [4.78, 5) is 1.70. The number of hydrogen-bond acceptors (Lipinski definition) is 3. The van der Waals surface area contributed by atoms with Gasteiger partial charge in [-0.3, -0.25) is 0 Å². The minimum absolute atomic E-state index is 0.663. The van der Waals surface area contributed by atoms with E-state index >= 15 is 0 Å². The quantitative estimate of drug-likeness (QED) is 0.252. The van der Waals surface area contributed by atoms with E-state index in [1.54, 1.807) is 4.90 Å². The Balaban J connectivity index is 2.99. The Morgan fingerprint density at radius 3 is 2.54 bits per heavy atom. The molecule has 0 saturated carbocycles. The Morgan fingerprint density at radius 2 is 2.08 bits per heavy atom. The van der Waals surface area contributed by atoms with E-state index in [4.69, 9.17) is 18.1 Å². The molecule has 0 aliphatic carbocycles. The van der Waals surface area contributed by atoms with E-state index in [1.807, 2.05) is 37.4 Å². The second-order valence-electron chi connectivity index (χ2n) is 2.54. The molecule has 0 atom stereocenters. The number of nitrogens with two attached hydrogens (primary N) is 1. The molecule has 3 nitrogen and oxygen atoms in total. The minimum Gasteiger partial charge on any atom is -0.325 e. The molecular weight excluding hydrogens is 182 g/mol. The molecule has 68 valence electrons. The maximum Gasteiger partial charge on any atom is 0.159 e. The molecule has 0 spiro atoms. The van der Waals surface area contributed by atoms with E-state index in [9.17, 15) is 0 Å². The number of amidine groups is 1. The highest BCUT2D eigenvalue weighted by Crippen LogP contribution is 2.02. The average molecular weight is 193 g/mol. The first kappa shape index (κ1) is 9.67. The van der Waals surface area contributed by atoms with Crippen LogP contribution in [0.25, 0.3) is 0 Å². The number of benzene rings is 1. The number of nitrogens with zero attached hydrogens (tertiary/aromatic N) is 2. The van der Waals surface area contributed by atoms with Gasteiger partial charge in [-0.2, -0.15) is 5.10 Å². The molecule has 0 radical (unpaired) electrons. The molecule has 0 aromatic heterocycles. The minimum atomic E-state index is 0.663. The fourth-order valence-electron chi connectivity index (χ4n) is 1.01. The van der Waals surface area contributed by atoms with Gasteiger partial charge < -0.3 is 10.7 Å². The van der Waals surface area contributed by atoms with Gasteiger partial charge in [0.05, 0.1) is 5.49 Å². The molecule has 1 rings (SSSR count). The molecule has 0 aliphatic rings. The lowest BCUT2D eigenvalue weighted by Gasteiger charge is -2.14. The van der Waals surface area contributed by atoms with Gasteiger partial charge in [0, 0.05) is 12.6 Å². The van der Waals surface area contributed by atoms with Crippen LogP contribution in [0.5, 0.6) is 0 Å². The zero-order valence-electron chi connectivity index (χ0n) is 7.34. The van der Waals surface area contributed by atoms with Crippen LogP contribution >= 0.6 is 12.2 Å². The standard InChI is InChI=1S/C9H11N3S/c1-12(7-13)9(11-10)8-5-3-2-4-6-8/h2-7H,10H2,1H3. The van der Waals surface area contributed by atoms with Gasteiger partial charge in [-0.25, -0.2) is 0 Å². The summed E-state index contributed by atoms with van der Waals surface area (Å²) >= 11 is 4.78. The molecule has 2 N–H and O–H groups in total. The van der Waals surface area contributed by atoms with Crippen molar-refractivity contribution in [3.63, 3.8) is 0 Å². The van der Waals surface area contributed by atoms with Crippen molar-refractivity contribution in [2.75, 3.05) is 7.05 Å². The van der Waals surface area contributed by atoms with E-state index in [0.29, 0.717) is 5.84 Å². The smallest absolute Gasteiger partial charge is 0.159 e. The van der Waals surface area contributed by atoms with Gasteiger partial charge in [0.25, 0.3) is 0 Å². The van der Waals surface area contributed by atoms with Gasteiger partial charge in [0.1, 0.15) is 0 Å². The highest BCUT2D eigenvalue weighted by atomic mass is 32.1. The van der Waals surface area contributed by atoms with Crippen LogP contribution in [0.1, 0.15) is 5.56 Å². The van der Waals surface area contributed by atoms with Crippen LogP contribution in [-0.4, -0.2) is 23.3 Å². The van der Waals surface area contributed by atoms with Crippen molar-refractivity contribution >= 4 is 23.5 Å². The van der Waals surface area contributed by atoms with E-state index in [-0.39, 0.29) is 0 Å². The number of thiocarbonyl (C=S) groups is 1. The SMILES string of the molecule is CN(C=S)C(=NN)c1ccccc1. The number of rotatable bonds is 2. The summed E-state index contributed by atoms with van der Waals surface area (Å²) in [5.41, 5.74) is 2.45. The van der Waals surface area contributed by atoms with E-state index in [1.165, 1.54) is 5.49 Å². The van der Waals surface area contributed by atoms with Crippen LogP contribution in [0.4, 0.5) is 0 Å². The molecule has 0 saturated heterocycles. The molecule has 0 bridgehead atoms. The van der Waals surface area contributed by atoms with Crippen molar-refractivity contribution in [1.82, 2.24) is 4.90 Å². The lowest BCUT2D eigenvalue weighted by Crippen LogP contribution is -2.26. The fraction of sp³-hybridized carbons (Fsp3) is 0.111. The van der Waals surface area contributed by atoms with E-state index < -0.39 is 0 Å². The highest BCUT2D eigenvalue weighted by Gasteiger charge is 2.05. The van der Waals surface area contributed by atoms with Crippen LogP contribution in [0.3, 0.4) is 0 Å². The molecule has 13 heavy (non-hydrogen) atoms. The molecule has 4 heteroatoms. The summed E-state index contributed by atoms with van der Waals surface area (Å²) in [6.45, 7) is 0. The van der Waals surface area contributed by atoms with E-state index in [2.05, 4.69) is 5.10 Å². The Morgan fingerprint density at radius 1 is 1.46 bits per heavy atom. The Bertz CT molecular complexity index is 308. The summed E-state index contributed by atoms with van der Waals surface area (Å²) in [5, 5.41) is 3.67. The molecule has 0 unspecified atom stereocenters. The Labute approximate surface area is 82.9 Å². The largest absolute Gasteiger partial charge is 0.325 e. The predicted molar refractivity (Wildman–Crippen MR) is 58.6 cm³/mol. The molecular formula is C9H11N3S. The van der Waals surface area contributed by atoms with Crippen molar-refractivity contribution < 1.29 is 0 Å². The summed E-state index contributed by atoms with van der Waals surface area (Å²) in [6, 6.07) is 9.66. The summed E-state index contributed by atoms with van der Waals surface area (Å²) in [5.74, 6) is 5.92. The Kier molecular flexibility index (Phi) is 3.40. The summed E-state index contributed by atoms with van der Waals surface area (Å²) < 4.78 is 0. The van der Waals surface area contributed by atoms with Crippen molar-refractivity contribution in [1.29, 1.82) is 0 Å². The average Bonchev–Trinajstić information content (AvgIpc) is 2.20. The van der Waals surface area contributed by atoms with Crippen molar-refractivity contribution in [3.8, 4) is 0 Å². The third-order valence-corrected chi connectivity index (χ3v) is 1.96. The number of hydrazone groups is 1. The van der Waals surface area contributed by atoms with Crippen molar-refractivity contribution in [3.05, 3.63) is 35.9 Å². The normalized spacial score (nSPS) is 11.0. The summed E-state index contributed by atoms with van der Waals surface area (Å²) in [6.07, 6.45) is 0. The lowest BCUT2D eigenvalue weighted by molar-refractivity contribution is 0.783. The zero-order valence-corrected chi connectivity index (χ0v) is 8.16. The third-order valence-electron chi connectivity index (χ3n) is 1.65. The molecule has 0 fully saturated rings. The van der Waals surface area contributed by atoms with Gasteiger partial charge in [-0.05, 0) is 0 Å². The topological polar surface area (TPSA) is 41.6 Å². The lowest BCUT2D eigenvalue weighted by atomic mass is 10.2. The van der Waals surface area contributed by atoms with Crippen LogP contribution in [0.2, 0.25) is 0 Å². The van der Waals surface area contributed by atoms with Gasteiger partial charge in [0.2, 0.25) is 0 Å². The molecule has 1 aromatic carbocycles. The second kappa shape index (κ2) is 4.57. The summed E-state index contributed by atoms with van der Waals surface area (Å²) in [7, 11) is 1.81. The maximum atomic E-state index is 5.26. The first-order valence-electron chi connectivity index (χ1n) is 3.81. The van der Waals surface area contributed by atoms with Crippen molar-refractivity contribution in [2.24, 2.45) is 10.9 Å². The number of hydrogen-bond donors (Lipinski definition) is 1. The van der Waals surface area contributed by atoms with E-state index in [0.717, 1.165) is 5.56 Å². The van der Waals surface area contributed by atoms with Crippen LogP contribution in [-0.2, 0) is 0 Å².